The van der Waals surface area contributed by atoms with Crippen LogP contribution in [0.25, 0.3) is 0 Å². The molecule has 0 aliphatic heterocycles. The molecule has 0 aliphatic rings. The number of carbonyl (C=O) groups excluding carboxylic acids is 1. The van der Waals surface area contributed by atoms with Crippen molar-refractivity contribution in [3.05, 3.63) is 56.2 Å². The summed E-state index contributed by atoms with van der Waals surface area (Å²) in [6, 6.07) is 7.63. The van der Waals surface area contributed by atoms with E-state index in [0.29, 0.717) is 32.5 Å². The molecule has 2 rings (SSSR count). The Balaban J connectivity index is 2.13. The van der Waals surface area contributed by atoms with E-state index in [1.165, 1.54) is 24.3 Å². The highest BCUT2D eigenvalue weighted by Crippen LogP contribution is 2.35. The van der Waals surface area contributed by atoms with Crippen LogP contribution in [-0.2, 0) is 11.4 Å². The van der Waals surface area contributed by atoms with Gasteiger partial charge in [0.2, 0.25) is 0 Å². The highest BCUT2D eigenvalue weighted by Gasteiger charge is 2.15. The van der Waals surface area contributed by atoms with Crippen LogP contribution in [0.3, 0.4) is 0 Å². The summed E-state index contributed by atoms with van der Waals surface area (Å²) in [5.74, 6) is -1.58. The molecule has 0 saturated carbocycles. The van der Waals surface area contributed by atoms with Gasteiger partial charge >= 0.3 is 5.97 Å². The third-order valence-electron chi connectivity index (χ3n) is 3.38. The van der Waals surface area contributed by atoms with E-state index in [1.807, 2.05) is 6.92 Å². The number of benzene rings is 2. The standard InChI is InChI=1S/C18H17Br2FN2O4/c1-2-22-13-4-10(3-12(21)7-13)9-27-17-14(19)5-11(6-15(17)20)18(26)23-8-16(24)25/h3-7,22H,2,8-9H2,1H3,(H,23,26)(H,24,25). The van der Waals surface area contributed by atoms with Gasteiger partial charge in [-0.2, -0.15) is 0 Å². The van der Waals surface area contributed by atoms with E-state index in [4.69, 9.17) is 9.84 Å². The van der Waals surface area contributed by atoms with Crippen molar-refractivity contribution in [2.75, 3.05) is 18.4 Å². The molecule has 0 radical (unpaired) electrons. The SMILES string of the molecule is CCNc1cc(F)cc(COc2c(Br)cc(C(=O)NCC(=O)O)cc2Br)c1. The van der Waals surface area contributed by atoms with Crippen LogP contribution < -0.4 is 15.4 Å². The fourth-order valence-electron chi connectivity index (χ4n) is 2.28. The number of nitrogens with one attached hydrogen (secondary N) is 2. The van der Waals surface area contributed by atoms with Crippen LogP contribution in [-0.4, -0.2) is 30.1 Å². The first-order chi connectivity index (χ1) is 12.8. The molecule has 2 aromatic carbocycles. The maximum Gasteiger partial charge on any atom is 0.322 e. The molecule has 0 atom stereocenters. The van der Waals surface area contributed by atoms with E-state index in [1.54, 1.807) is 6.07 Å². The van der Waals surface area contributed by atoms with Gasteiger partial charge in [0, 0.05) is 17.8 Å². The maximum atomic E-state index is 13.7. The number of anilines is 1. The number of carboxylic acid groups (broad SMARTS) is 1. The van der Waals surface area contributed by atoms with Gasteiger partial charge in [-0.1, -0.05) is 0 Å². The first-order valence-corrected chi connectivity index (χ1v) is 9.54. The Morgan fingerprint density at radius 2 is 1.81 bits per heavy atom. The zero-order chi connectivity index (χ0) is 20.0. The molecular formula is C18H17Br2FN2O4. The molecule has 0 bridgehead atoms. The first-order valence-electron chi connectivity index (χ1n) is 7.95. The number of hydrogen-bond donors (Lipinski definition) is 3. The first kappa shape index (κ1) is 21.2. The van der Waals surface area contributed by atoms with Crippen molar-refractivity contribution >= 4 is 49.4 Å². The Labute approximate surface area is 172 Å². The number of rotatable bonds is 8. The lowest BCUT2D eigenvalue weighted by molar-refractivity contribution is -0.135. The van der Waals surface area contributed by atoms with Crippen molar-refractivity contribution < 1.29 is 23.8 Å². The van der Waals surface area contributed by atoms with E-state index in [0.717, 1.165) is 0 Å². The number of halogens is 3. The van der Waals surface area contributed by atoms with Crippen molar-refractivity contribution in [3.8, 4) is 5.75 Å². The Kier molecular flexibility index (Phi) is 7.61. The summed E-state index contributed by atoms with van der Waals surface area (Å²) < 4.78 is 20.5. The Bertz CT molecular complexity index is 838. The third-order valence-corrected chi connectivity index (χ3v) is 4.56. The molecule has 2 aromatic rings. The minimum Gasteiger partial charge on any atom is -0.487 e. The summed E-state index contributed by atoms with van der Waals surface area (Å²) in [6.45, 7) is 2.24. The molecule has 9 heteroatoms. The Morgan fingerprint density at radius 1 is 1.15 bits per heavy atom. The molecule has 0 aromatic heterocycles. The van der Waals surface area contributed by atoms with E-state index >= 15 is 0 Å². The molecule has 1 amide bonds. The van der Waals surface area contributed by atoms with Gasteiger partial charge in [0.15, 0.2) is 0 Å². The Morgan fingerprint density at radius 3 is 2.41 bits per heavy atom. The van der Waals surface area contributed by atoms with Gasteiger partial charge in [-0.15, -0.1) is 0 Å². The second-order valence-electron chi connectivity index (χ2n) is 5.51. The second-order valence-corrected chi connectivity index (χ2v) is 7.22. The maximum absolute atomic E-state index is 13.7. The van der Waals surface area contributed by atoms with Crippen LogP contribution in [0.1, 0.15) is 22.8 Å². The summed E-state index contributed by atoms with van der Waals surface area (Å²) in [4.78, 5) is 22.5. The average molecular weight is 504 g/mol. The van der Waals surface area contributed by atoms with Crippen molar-refractivity contribution in [1.82, 2.24) is 5.32 Å². The summed E-state index contributed by atoms with van der Waals surface area (Å²) in [6.07, 6.45) is 0. The minimum atomic E-state index is -1.13. The highest BCUT2D eigenvalue weighted by molar-refractivity contribution is 9.11. The van der Waals surface area contributed by atoms with Crippen LogP contribution in [0, 0.1) is 5.82 Å². The minimum absolute atomic E-state index is 0.123. The van der Waals surface area contributed by atoms with Gasteiger partial charge in [0.05, 0.1) is 8.95 Å². The predicted molar refractivity (Wildman–Crippen MR) is 107 cm³/mol. The number of ether oxygens (including phenoxy) is 1. The van der Waals surface area contributed by atoms with E-state index in [9.17, 15) is 14.0 Å². The van der Waals surface area contributed by atoms with Crippen molar-refractivity contribution in [2.24, 2.45) is 0 Å². The van der Waals surface area contributed by atoms with E-state index < -0.39 is 18.4 Å². The topological polar surface area (TPSA) is 87.7 Å². The molecule has 27 heavy (non-hydrogen) atoms. The molecule has 0 fully saturated rings. The van der Waals surface area contributed by atoms with Crippen LogP contribution in [0.2, 0.25) is 0 Å². The average Bonchev–Trinajstić information content (AvgIpc) is 2.58. The summed E-state index contributed by atoms with van der Waals surface area (Å²) in [5, 5.41) is 14.0. The Hall–Kier alpha value is -2.13. The van der Waals surface area contributed by atoms with E-state index in [-0.39, 0.29) is 18.0 Å². The monoisotopic (exact) mass is 502 g/mol. The van der Waals surface area contributed by atoms with Gasteiger partial charge < -0.3 is 20.5 Å². The van der Waals surface area contributed by atoms with Gasteiger partial charge in [0.1, 0.15) is 24.7 Å². The molecule has 0 unspecified atom stereocenters. The molecule has 0 saturated heterocycles. The van der Waals surface area contributed by atoms with Crippen molar-refractivity contribution in [3.63, 3.8) is 0 Å². The van der Waals surface area contributed by atoms with Crippen LogP contribution in [0.5, 0.6) is 5.75 Å². The number of hydrogen-bond acceptors (Lipinski definition) is 4. The largest absolute Gasteiger partial charge is 0.487 e. The molecule has 144 valence electrons. The van der Waals surface area contributed by atoms with Gasteiger partial charge in [-0.05, 0) is 74.7 Å². The molecule has 0 aliphatic carbocycles. The summed E-state index contributed by atoms with van der Waals surface area (Å²) in [7, 11) is 0. The van der Waals surface area contributed by atoms with Crippen molar-refractivity contribution in [2.45, 2.75) is 13.5 Å². The molecule has 6 nitrogen and oxygen atoms in total. The number of carbonyl (C=O) groups is 2. The van der Waals surface area contributed by atoms with Crippen LogP contribution in [0.15, 0.2) is 39.3 Å². The number of amides is 1. The summed E-state index contributed by atoms with van der Waals surface area (Å²) in [5.41, 5.74) is 1.58. The molecule has 3 N–H and O–H groups in total. The zero-order valence-corrected chi connectivity index (χ0v) is 17.5. The lowest BCUT2D eigenvalue weighted by Crippen LogP contribution is -2.29. The second kappa shape index (κ2) is 9.70. The van der Waals surface area contributed by atoms with Crippen LogP contribution in [0.4, 0.5) is 10.1 Å². The third kappa shape index (κ3) is 6.21. The summed E-state index contributed by atoms with van der Waals surface area (Å²) >= 11 is 6.67. The fourth-order valence-corrected chi connectivity index (χ4v) is 3.70. The fraction of sp³-hybridized carbons (Fsp3) is 0.222. The van der Waals surface area contributed by atoms with Gasteiger partial charge in [-0.25, -0.2) is 4.39 Å². The quantitative estimate of drug-likeness (QED) is 0.503. The van der Waals surface area contributed by atoms with Gasteiger partial charge in [0.25, 0.3) is 5.91 Å². The lowest BCUT2D eigenvalue weighted by atomic mass is 10.2. The smallest absolute Gasteiger partial charge is 0.322 e. The molecule has 0 spiro atoms. The normalized spacial score (nSPS) is 10.4. The van der Waals surface area contributed by atoms with Crippen LogP contribution >= 0.6 is 31.9 Å². The molecular weight excluding hydrogens is 487 g/mol. The van der Waals surface area contributed by atoms with E-state index in [2.05, 4.69) is 42.5 Å². The predicted octanol–water partition coefficient (Wildman–Crippen LogP) is 4.18. The highest BCUT2D eigenvalue weighted by atomic mass is 79.9. The lowest BCUT2D eigenvalue weighted by Gasteiger charge is -2.13. The number of carboxylic acids is 1. The molecule has 0 heterocycles. The van der Waals surface area contributed by atoms with Gasteiger partial charge in [-0.3, -0.25) is 9.59 Å². The number of aliphatic carboxylic acids is 1. The van der Waals surface area contributed by atoms with Crippen molar-refractivity contribution in [1.29, 1.82) is 0 Å². The zero-order valence-electron chi connectivity index (χ0n) is 14.3.